The first kappa shape index (κ1) is 36.3. The third-order valence-electron chi connectivity index (χ3n) is 10.5. The summed E-state index contributed by atoms with van der Waals surface area (Å²) in [5.74, 6) is 0.493. The van der Waals surface area contributed by atoms with Crippen LogP contribution in [0.2, 0.25) is 5.02 Å². The SMILES string of the molecule is CCCc1cc(Cl)ccc1C1COc2ccc3cc2N(C1)CC1CCC1C(OC)/C=C/CCN(C)C(=O)C[C@]3(O)C(=O)NSc1ccccc1. The molecule has 266 valence electrons. The maximum atomic E-state index is 14.0. The summed E-state index contributed by atoms with van der Waals surface area (Å²) >= 11 is 7.58. The van der Waals surface area contributed by atoms with Gasteiger partial charge in [-0.15, -0.1) is 0 Å². The molecular weight excluding hydrogens is 670 g/mol. The van der Waals surface area contributed by atoms with Crippen LogP contribution in [0.3, 0.4) is 0 Å². The van der Waals surface area contributed by atoms with E-state index >= 15 is 0 Å². The number of amides is 2. The molecule has 3 aromatic carbocycles. The van der Waals surface area contributed by atoms with Gasteiger partial charge in [0, 0.05) is 49.6 Å². The van der Waals surface area contributed by atoms with Crippen LogP contribution in [0.25, 0.3) is 0 Å². The van der Waals surface area contributed by atoms with Crippen molar-refractivity contribution >= 4 is 41.1 Å². The lowest BCUT2D eigenvalue weighted by molar-refractivity contribution is -0.148. The van der Waals surface area contributed by atoms with Crippen LogP contribution in [0.5, 0.6) is 5.75 Å². The average molecular weight is 718 g/mol. The van der Waals surface area contributed by atoms with Crippen LogP contribution >= 0.6 is 23.5 Å². The fraction of sp³-hybridized carbons (Fsp3) is 0.450. The minimum absolute atomic E-state index is 0.0178. The number of aliphatic hydroxyl groups is 1. The van der Waals surface area contributed by atoms with Crippen molar-refractivity contribution < 1.29 is 24.2 Å². The maximum Gasteiger partial charge on any atom is 0.267 e. The second-order valence-corrected chi connectivity index (χ2v) is 15.1. The zero-order valence-corrected chi connectivity index (χ0v) is 30.7. The molecule has 3 aromatic rings. The van der Waals surface area contributed by atoms with Crippen molar-refractivity contribution in [3.8, 4) is 5.75 Å². The third kappa shape index (κ3) is 8.01. The molecule has 1 saturated carbocycles. The number of fused-ring (bicyclic) bond motifs is 2. The number of hydrogen-bond donors (Lipinski definition) is 2. The highest BCUT2D eigenvalue weighted by Crippen LogP contribution is 2.44. The molecule has 8 nitrogen and oxygen atoms in total. The fourth-order valence-corrected chi connectivity index (χ4v) is 8.34. The van der Waals surface area contributed by atoms with E-state index < -0.39 is 17.9 Å². The molecule has 4 unspecified atom stereocenters. The largest absolute Gasteiger partial charge is 0.491 e. The molecule has 0 spiro atoms. The fourth-order valence-electron chi connectivity index (χ4n) is 7.47. The predicted octanol–water partition coefficient (Wildman–Crippen LogP) is 7.14. The van der Waals surface area contributed by atoms with E-state index in [1.807, 2.05) is 48.5 Å². The molecule has 2 heterocycles. The van der Waals surface area contributed by atoms with Crippen molar-refractivity contribution in [1.82, 2.24) is 9.62 Å². The summed E-state index contributed by atoms with van der Waals surface area (Å²) in [7, 11) is 3.48. The molecule has 50 heavy (non-hydrogen) atoms. The van der Waals surface area contributed by atoms with Crippen molar-refractivity contribution in [1.29, 1.82) is 0 Å². The summed E-state index contributed by atoms with van der Waals surface area (Å²) in [6.07, 6.45) is 8.50. The molecule has 5 atom stereocenters. The van der Waals surface area contributed by atoms with E-state index in [2.05, 4.69) is 40.8 Å². The number of benzene rings is 3. The number of methoxy groups -OCH3 is 1. The molecule has 10 heteroatoms. The molecule has 1 fully saturated rings. The first-order valence-corrected chi connectivity index (χ1v) is 18.9. The molecule has 6 rings (SSSR count). The number of nitrogens with one attached hydrogen (secondary N) is 1. The van der Waals surface area contributed by atoms with Crippen LogP contribution in [-0.4, -0.2) is 68.3 Å². The normalized spacial score (nSPS) is 26.2. The van der Waals surface area contributed by atoms with Gasteiger partial charge in [0.05, 0.1) is 24.8 Å². The number of carbonyl (C=O) groups is 2. The summed E-state index contributed by atoms with van der Waals surface area (Å²) in [5.41, 5.74) is 1.48. The number of hydrogen-bond acceptors (Lipinski definition) is 7. The average Bonchev–Trinajstić information content (AvgIpc) is 3.29. The lowest BCUT2D eigenvalue weighted by Crippen LogP contribution is -2.46. The van der Waals surface area contributed by atoms with Crippen LogP contribution in [-0.2, 0) is 26.3 Å². The van der Waals surface area contributed by atoms with Gasteiger partial charge in [0.25, 0.3) is 5.91 Å². The first-order chi connectivity index (χ1) is 24.2. The maximum absolute atomic E-state index is 14.0. The van der Waals surface area contributed by atoms with Crippen molar-refractivity contribution in [2.75, 3.05) is 45.3 Å². The Labute approximate surface area is 305 Å². The van der Waals surface area contributed by atoms with Gasteiger partial charge in [-0.3, -0.25) is 14.3 Å². The van der Waals surface area contributed by atoms with Gasteiger partial charge < -0.3 is 24.4 Å². The number of nitrogens with zero attached hydrogens (tertiary/aromatic N) is 2. The molecule has 0 saturated heterocycles. The quantitative estimate of drug-likeness (QED) is 0.199. The Morgan fingerprint density at radius 3 is 2.68 bits per heavy atom. The highest BCUT2D eigenvalue weighted by Gasteiger charge is 2.43. The van der Waals surface area contributed by atoms with Gasteiger partial charge in [-0.1, -0.05) is 67.4 Å². The minimum Gasteiger partial charge on any atom is -0.491 e. The Balaban J connectivity index is 1.41. The van der Waals surface area contributed by atoms with Gasteiger partial charge in [-0.05, 0) is 103 Å². The molecule has 2 N–H and O–H groups in total. The van der Waals surface area contributed by atoms with Crippen LogP contribution in [0.15, 0.2) is 83.8 Å². The molecule has 0 radical (unpaired) electrons. The minimum atomic E-state index is -2.13. The summed E-state index contributed by atoms with van der Waals surface area (Å²) in [4.78, 5) is 32.4. The van der Waals surface area contributed by atoms with Crippen LogP contribution in [0.4, 0.5) is 5.69 Å². The molecular formula is C40H48ClN3O5S. The topological polar surface area (TPSA) is 91.3 Å². The molecule has 2 amide bonds. The highest BCUT2D eigenvalue weighted by molar-refractivity contribution is 7.98. The molecule has 3 aliphatic rings. The predicted molar refractivity (Wildman–Crippen MR) is 200 cm³/mol. The van der Waals surface area contributed by atoms with Crippen molar-refractivity contribution in [3.63, 3.8) is 0 Å². The summed E-state index contributed by atoms with van der Waals surface area (Å²) < 4.78 is 15.4. The monoisotopic (exact) mass is 717 g/mol. The van der Waals surface area contributed by atoms with Gasteiger partial charge in [0.1, 0.15) is 5.75 Å². The number of ether oxygens (including phenoxy) is 2. The van der Waals surface area contributed by atoms with Crippen LogP contribution in [0.1, 0.15) is 61.6 Å². The Morgan fingerprint density at radius 1 is 1.12 bits per heavy atom. The van der Waals surface area contributed by atoms with E-state index in [4.69, 9.17) is 21.1 Å². The first-order valence-electron chi connectivity index (χ1n) is 17.7. The molecule has 0 aromatic heterocycles. The van der Waals surface area contributed by atoms with Gasteiger partial charge in [0.2, 0.25) is 5.91 Å². The Kier molecular flexibility index (Phi) is 11.8. The van der Waals surface area contributed by atoms with Gasteiger partial charge in [0.15, 0.2) is 5.60 Å². The highest BCUT2D eigenvalue weighted by atomic mass is 35.5. The number of carbonyl (C=O) groups excluding carboxylic acids is 2. The Hall–Kier alpha value is -3.50. The molecule has 1 aliphatic carbocycles. The lowest BCUT2D eigenvalue weighted by atomic mass is 9.70. The van der Waals surface area contributed by atoms with Gasteiger partial charge >= 0.3 is 0 Å². The smallest absolute Gasteiger partial charge is 0.267 e. The Morgan fingerprint density at radius 2 is 1.94 bits per heavy atom. The molecule has 2 aliphatic heterocycles. The van der Waals surface area contributed by atoms with Gasteiger partial charge in [-0.25, -0.2) is 0 Å². The van der Waals surface area contributed by atoms with E-state index in [0.29, 0.717) is 49.3 Å². The zero-order valence-electron chi connectivity index (χ0n) is 29.1. The van der Waals surface area contributed by atoms with Crippen molar-refractivity contribution in [2.45, 2.75) is 68.0 Å². The van der Waals surface area contributed by atoms with Crippen molar-refractivity contribution in [3.05, 3.63) is 101 Å². The van der Waals surface area contributed by atoms with E-state index in [1.165, 1.54) is 11.1 Å². The Bertz CT molecular complexity index is 1690. The summed E-state index contributed by atoms with van der Waals surface area (Å²) in [6.45, 7) is 4.55. The number of halogens is 1. The third-order valence-corrected chi connectivity index (χ3v) is 11.5. The van der Waals surface area contributed by atoms with E-state index in [0.717, 1.165) is 59.8 Å². The van der Waals surface area contributed by atoms with E-state index in [9.17, 15) is 14.7 Å². The number of anilines is 1. The van der Waals surface area contributed by atoms with Crippen molar-refractivity contribution in [2.24, 2.45) is 11.8 Å². The summed E-state index contributed by atoms with van der Waals surface area (Å²) in [6, 6.07) is 21.0. The van der Waals surface area contributed by atoms with Crippen LogP contribution in [0, 0.1) is 11.8 Å². The van der Waals surface area contributed by atoms with E-state index in [-0.39, 0.29) is 17.9 Å². The van der Waals surface area contributed by atoms with Gasteiger partial charge in [-0.2, -0.15) is 0 Å². The second kappa shape index (κ2) is 16.2. The molecule has 2 bridgehead atoms. The zero-order chi connectivity index (χ0) is 35.3. The summed E-state index contributed by atoms with van der Waals surface area (Å²) in [5, 5.41) is 13.1. The lowest BCUT2D eigenvalue weighted by Gasteiger charge is -2.43. The number of rotatable bonds is 7. The standard InChI is InChI=1S/C40H48ClN3O5S/c1-4-10-27-21-31(41)16-18-33(27)29-25-44-24-28-14-17-34(28)36(48-3)13-8-9-20-43(2)38(45)23-40(47,30-15-19-37(49-26-29)35(44)22-30)39(46)42-50-32-11-6-5-7-12-32/h5-8,11-13,15-16,18-19,21-22,28-29,34,36,47H,4,9-10,14,17,20,23-26H2,1-3H3,(H,42,46)/b13-8+/t28?,29?,34?,36?,40-/m1/s1. The van der Waals surface area contributed by atoms with E-state index in [1.54, 1.807) is 25.1 Å². The van der Waals surface area contributed by atoms with Crippen LogP contribution < -0.4 is 14.4 Å². The second-order valence-electron chi connectivity index (χ2n) is 13.8. The number of aryl methyl sites for hydroxylation is 1.